The topological polar surface area (TPSA) is 116 Å². The van der Waals surface area contributed by atoms with E-state index in [1.807, 2.05) is 6.92 Å². The van der Waals surface area contributed by atoms with Gasteiger partial charge in [-0.15, -0.1) is 0 Å². The average Bonchev–Trinajstić information content (AvgIpc) is 2.98. The SMILES string of the molecule is COc1ccc(S(N)(=O)=O)cc1C(=O)N[C@@H](C)Cn1cccn1. The molecule has 1 heterocycles. The lowest BCUT2D eigenvalue weighted by Gasteiger charge is -2.16. The van der Waals surface area contributed by atoms with Crippen molar-refractivity contribution < 1.29 is 17.9 Å². The fourth-order valence-corrected chi connectivity index (χ4v) is 2.62. The van der Waals surface area contributed by atoms with Crippen molar-refractivity contribution in [2.45, 2.75) is 24.4 Å². The summed E-state index contributed by atoms with van der Waals surface area (Å²) in [6, 6.07) is 5.45. The molecule has 1 atom stereocenters. The average molecular weight is 338 g/mol. The second-order valence-electron chi connectivity index (χ2n) is 5.01. The van der Waals surface area contributed by atoms with E-state index in [9.17, 15) is 13.2 Å². The molecule has 0 saturated carbocycles. The van der Waals surface area contributed by atoms with E-state index in [-0.39, 0.29) is 22.3 Å². The first-order valence-corrected chi connectivity index (χ1v) is 8.35. The Morgan fingerprint density at radius 2 is 2.22 bits per heavy atom. The number of nitrogens with zero attached hydrogens (tertiary/aromatic N) is 2. The number of hydrogen-bond donors (Lipinski definition) is 2. The quantitative estimate of drug-likeness (QED) is 0.789. The molecule has 8 nitrogen and oxygen atoms in total. The van der Waals surface area contributed by atoms with Crippen molar-refractivity contribution in [2.24, 2.45) is 5.14 Å². The van der Waals surface area contributed by atoms with Crippen LogP contribution in [0.4, 0.5) is 0 Å². The molecular formula is C14H18N4O4S. The van der Waals surface area contributed by atoms with Crippen molar-refractivity contribution in [3.63, 3.8) is 0 Å². The van der Waals surface area contributed by atoms with Crippen LogP contribution in [-0.4, -0.2) is 37.3 Å². The van der Waals surface area contributed by atoms with Crippen molar-refractivity contribution in [1.29, 1.82) is 0 Å². The lowest BCUT2D eigenvalue weighted by molar-refractivity contribution is 0.0932. The van der Waals surface area contributed by atoms with Gasteiger partial charge in [0.05, 0.1) is 24.1 Å². The summed E-state index contributed by atoms with van der Waals surface area (Å²) in [6.45, 7) is 2.30. The summed E-state index contributed by atoms with van der Waals surface area (Å²) in [7, 11) is -2.50. The van der Waals surface area contributed by atoms with E-state index >= 15 is 0 Å². The Bertz CT molecular complexity index is 787. The van der Waals surface area contributed by atoms with Gasteiger partial charge in [0.15, 0.2) is 0 Å². The zero-order valence-corrected chi connectivity index (χ0v) is 13.6. The lowest BCUT2D eigenvalue weighted by atomic mass is 10.1. The molecule has 9 heteroatoms. The third kappa shape index (κ3) is 4.30. The monoisotopic (exact) mass is 338 g/mol. The van der Waals surface area contributed by atoms with Gasteiger partial charge in [-0.2, -0.15) is 5.10 Å². The van der Waals surface area contributed by atoms with E-state index in [1.165, 1.54) is 25.3 Å². The Labute approximate surface area is 134 Å². The molecule has 1 aromatic carbocycles. The van der Waals surface area contributed by atoms with Crippen molar-refractivity contribution in [3.8, 4) is 5.75 Å². The highest BCUT2D eigenvalue weighted by Gasteiger charge is 2.18. The highest BCUT2D eigenvalue weighted by molar-refractivity contribution is 7.89. The van der Waals surface area contributed by atoms with Gasteiger partial charge in [-0.3, -0.25) is 9.48 Å². The molecule has 0 radical (unpaired) electrons. The zero-order valence-electron chi connectivity index (χ0n) is 12.8. The Kier molecular flexibility index (Phi) is 5.02. The maximum Gasteiger partial charge on any atom is 0.255 e. The largest absolute Gasteiger partial charge is 0.496 e. The Morgan fingerprint density at radius 3 is 2.78 bits per heavy atom. The number of benzene rings is 1. The predicted octanol–water partition coefficient (Wildman–Crippen LogP) is 0.358. The minimum absolute atomic E-state index is 0.103. The van der Waals surface area contributed by atoms with Crippen LogP contribution in [0, 0.1) is 0 Å². The van der Waals surface area contributed by atoms with Gasteiger partial charge < -0.3 is 10.1 Å². The van der Waals surface area contributed by atoms with Crippen LogP contribution in [0.3, 0.4) is 0 Å². The first kappa shape index (κ1) is 17.0. The van der Waals surface area contributed by atoms with E-state index in [0.29, 0.717) is 6.54 Å². The lowest BCUT2D eigenvalue weighted by Crippen LogP contribution is -2.36. The third-order valence-corrected chi connectivity index (χ3v) is 4.05. The number of nitrogens with one attached hydrogen (secondary N) is 1. The Hall–Kier alpha value is -2.39. The molecule has 1 aromatic heterocycles. The maximum absolute atomic E-state index is 12.4. The number of carbonyl (C=O) groups is 1. The maximum atomic E-state index is 12.4. The number of nitrogens with two attached hydrogens (primary N) is 1. The third-order valence-electron chi connectivity index (χ3n) is 3.14. The number of aromatic nitrogens is 2. The van der Waals surface area contributed by atoms with Gasteiger partial charge in [-0.25, -0.2) is 13.6 Å². The van der Waals surface area contributed by atoms with Crippen LogP contribution < -0.4 is 15.2 Å². The minimum atomic E-state index is -3.90. The number of methoxy groups -OCH3 is 1. The summed E-state index contributed by atoms with van der Waals surface area (Å²) in [5.41, 5.74) is 0.103. The summed E-state index contributed by atoms with van der Waals surface area (Å²) in [5, 5.41) is 11.9. The molecule has 0 spiro atoms. The summed E-state index contributed by atoms with van der Waals surface area (Å²) < 4.78 is 29.7. The van der Waals surface area contributed by atoms with Crippen LogP contribution >= 0.6 is 0 Å². The first-order chi connectivity index (χ1) is 10.8. The minimum Gasteiger partial charge on any atom is -0.496 e. The molecule has 0 aliphatic carbocycles. The molecule has 0 fully saturated rings. The van der Waals surface area contributed by atoms with Gasteiger partial charge in [0.1, 0.15) is 5.75 Å². The molecule has 0 unspecified atom stereocenters. The number of sulfonamides is 1. The van der Waals surface area contributed by atoms with Gasteiger partial charge in [-0.05, 0) is 31.2 Å². The molecule has 0 aliphatic heterocycles. The second-order valence-corrected chi connectivity index (χ2v) is 6.57. The molecule has 0 saturated heterocycles. The molecule has 2 rings (SSSR count). The fraction of sp³-hybridized carbons (Fsp3) is 0.286. The molecule has 23 heavy (non-hydrogen) atoms. The highest BCUT2D eigenvalue weighted by atomic mass is 32.2. The number of primary sulfonamides is 1. The Balaban J connectivity index is 2.20. The molecule has 0 bridgehead atoms. The predicted molar refractivity (Wildman–Crippen MR) is 83.5 cm³/mol. The van der Waals surface area contributed by atoms with Gasteiger partial charge in [-0.1, -0.05) is 0 Å². The first-order valence-electron chi connectivity index (χ1n) is 6.80. The van der Waals surface area contributed by atoms with E-state index in [0.717, 1.165) is 0 Å². The number of carbonyl (C=O) groups excluding carboxylic acids is 1. The highest BCUT2D eigenvalue weighted by Crippen LogP contribution is 2.22. The standard InChI is InChI=1S/C14H18N4O4S/c1-10(9-18-7-3-6-16-18)17-14(19)12-8-11(23(15,20)21)4-5-13(12)22-2/h3-8,10H,9H2,1-2H3,(H,17,19)(H2,15,20,21)/t10-/m0/s1. The van der Waals surface area contributed by atoms with Crippen LogP contribution in [0.5, 0.6) is 5.75 Å². The van der Waals surface area contributed by atoms with Gasteiger partial charge in [0, 0.05) is 18.4 Å². The normalized spacial score (nSPS) is 12.7. The van der Waals surface area contributed by atoms with Crippen LogP contribution in [0.15, 0.2) is 41.6 Å². The fourth-order valence-electron chi connectivity index (χ4n) is 2.08. The molecular weight excluding hydrogens is 320 g/mol. The zero-order chi connectivity index (χ0) is 17.0. The second kappa shape index (κ2) is 6.80. The van der Waals surface area contributed by atoms with Gasteiger partial charge in [0.2, 0.25) is 10.0 Å². The van der Waals surface area contributed by atoms with Gasteiger partial charge >= 0.3 is 0 Å². The molecule has 3 N–H and O–H groups in total. The summed E-state index contributed by atoms with van der Waals surface area (Å²) in [5.74, 6) is -0.187. The number of ether oxygens (including phenoxy) is 1. The van der Waals surface area contributed by atoms with Crippen molar-refractivity contribution >= 4 is 15.9 Å². The van der Waals surface area contributed by atoms with Crippen LogP contribution in [0.25, 0.3) is 0 Å². The molecule has 0 aliphatic rings. The number of rotatable bonds is 6. The summed E-state index contributed by atoms with van der Waals surface area (Å²) >= 11 is 0. The Morgan fingerprint density at radius 1 is 1.48 bits per heavy atom. The molecule has 124 valence electrons. The van der Waals surface area contributed by atoms with Crippen molar-refractivity contribution in [1.82, 2.24) is 15.1 Å². The van der Waals surface area contributed by atoms with E-state index in [1.54, 1.807) is 23.1 Å². The van der Waals surface area contributed by atoms with E-state index in [2.05, 4.69) is 10.4 Å². The molecule has 1 amide bonds. The van der Waals surface area contributed by atoms with Crippen molar-refractivity contribution in [3.05, 3.63) is 42.2 Å². The van der Waals surface area contributed by atoms with E-state index < -0.39 is 15.9 Å². The molecule has 2 aromatic rings. The van der Waals surface area contributed by atoms with Crippen LogP contribution in [0.2, 0.25) is 0 Å². The van der Waals surface area contributed by atoms with Crippen LogP contribution in [0.1, 0.15) is 17.3 Å². The van der Waals surface area contributed by atoms with E-state index in [4.69, 9.17) is 9.88 Å². The van der Waals surface area contributed by atoms with Gasteiger partial charge in [0.25, 0.3) is 5.91 Å². The number of amides is 1. The summed E-state index contributed by atoms with van der Waals surface area (Å²) in [4.78, 5) is 12.2. The number of hydrogen-bond acceptors (Lipinski definition) is 5. The van der Waals surface area contributed by atoms with Crippen molar-refractivity contribution in [2.75, 3.05) is 7.11 Å². The van der Waals surface area contributed by atoms with Crippen LogP contribution in [-0.2, 0) is 16.6 Å². The summed E-state index contributed by atoms with van der Waals surface area (Å²) in [6.07, 6.45) is 3.43. The smallest absolute Gasteiger partial charge is 0.255 e.